The van der Waals surface area contributed by atoms with Crippen molar-refractivity contribution in [1.82, 2.24) is 9.44 Å². The van der Waals surface area contributed by atoms with E-state index in [4.69, 9.17) is 5.11 Å². The van der Waals surface area contributed by atoms with Crippen LogP contribution < -0.4 is 28.3 Å². The first kappa shape index (κ1) is 37.9. The molecular weight excluding hydrogens is 655 g/mol. The number of carboxylic acids is 1. The van der Waals surface area contributed by atoms with Crippen molar-refractivity contribution in [3.63, 3.8) is 0 Å². The van der Waals surface area contributed by atoms with Crippen LogP contribution in [-0.4, -0.2) is 59.6 Å². The number of rotatable bonds is 10. The SMILES string of the molecule is CCNS(=O)(=O)c1cc(CC(=O)O)ccc1Br.CCNS(=O)(=O)c1cc(CC(=O)OC)ccc1Br.[Li+].[OH-]. The van der Waals surface area contributed by atoms with Crippen LogP contribution in [0, 0.1) is 0 Å². The Bertz CT molecular complexity index is 1270. The molecule has 16 heteroatoms. The fraction of sp³-hybridized carbons (Fsp3) is 0.333. The monoisotopic (exact) mass is 680 g/mol. The van der Waals surface area contributed by atoms with E-state index in [1.54, 1.807) is 32.0 Å². The van der Waals surface area contributed by atoms with Crippen LogP contribution in [-0.2, 0) is 47.2 Å². The maximum Gasteiger partial charge on any atom is 1.00 e. The molecule has 0 aliphatic heterocycles. The first-order chi connectivity index (χ1) is 16.3. The van der Waals surface area contributed by atoms with Crippen molar-refractivity contribution in [1.29, 1.82) is 0 Å². The number of aliphatic carboxylic acids is 1. The van der Waals surface area contributed by atoms with Gasteiger partial charge in [0.25, 0.3) is 0 Å². The number of carboxylic acid groups (broad SMARTS) is 1. The van der Waals surface area contributed by atoms with E-state index < -0.39 is 32.0 Å². The average molecular weight is 682 g/mol. The van der Waals surface area contributed by atoms with E-state index >= 15 is 0 Å². The van der Waals surface area contributed by atoms with Gasteiger partial charge < -0.3 is 15.3 Å². The summed E-state index contributed by atoms with van der Waals surface area (Å²) in [5.41, 5.74) is 1.03. The van der Waals surface area contributed by atoms with Gasteiger partial charge in [-0.15, -0.1) is 0 Å². The Morgan fingerprint density at radius 1 is 0.838 bits per heavy atom. The van der Waals surface area contributed by atoms with E-state index in [9.17, 15) is 26.4 Å². The Morgan fingerprint density at radius 3 is 1.54 bits per heavy atom. The predicted molar refractivity (Wildman–Crippen MR) is 139 cm³/mol. The smallest absolute Gasteiger partial charge is 0.870 e. The number of methoxy groups -OCH3 is 1. The molecule has 2 rings (SSSR count). The Balaban J connectivity index is 0. The van der Waals surface area contributed by atoms with Gasteiger partial charge in [0.05, 0.1) is 29.7 Å². The first-order valence-electron chi connectivity index (χ1n) is 10.1. The van der Waals surface area contributed by atoms with Crippen LogP contribution in [0.4, 0.5) is 0 Å². The summed E-state index contributed by atoms with van der Waals surface area (Å²) in [4.78, 5) is 21.9. The van der Waals surface area contributed by atoms with Crippen LogP contribution in [0.25, 0.3) is 0 Å². The zero-order chi connectivity index (χ0) is 26.8. The largest absolute Gasteiger partial charge is 1.00 e. The summed E-state index contributed by atoms with van der Waals surface area (Å²) in [5, 5.41) is 8.66. The van der Waals surface area contributed by atoms with Crippen LogP contribution in [0.15, 0.2) is 55.1 Å². The fourth-order valence-electron chi connectivity index (χ4n) is 2.68. The van der Waals surface area contributed by atoms with Crippen LogP contribution >= 0.6 is 31.9 Å². The quantitative estimate of drug-likeness (QED) is 0.223. The molecule has 0 amide bonds. The Labute approximate surface area is 245 Å². The molecule has 37 heavy (non-hydrogen) atoms. The Morgan fingerprint density at radius 2 is 1.22 bits per heavy atom. The summed E-state index contributed by atoms with van der Waals surface area (Å²) in [6, 6.07) is 9.19. The normalized spacial score (nSPS) is 10.7. The molecule has 2 aromatic rings. The third kappa shape index (κ3) is 12.4. The van der Waals surface area contributed by atoms with Crippen LogP contribution in [0.3, 0.4) is 0 Å². The molecular formula is C21H27Br2LiN2O9S2. The zero-order valence-electron chi connectivity index (χ0n) is 20.6. The summed E-state index contributed by atoms with van der Waals surface area (Å²) in [6.45, 7) is 3.95. The number of hydrogen-bond acceptors (Lipinski definition) is 8. The molecule has 0 fully saturated rings. The van der Waals surface area contributed by atoms with Gasteiger partial charge in [0.1, 0.15) is 0 Å². The van der Waals surface area contributed by atoms with Gasteiger partial charge in [0.15, 0.2) is 0 Å². The summed E-state index contributed by atoms with van der Waals surface area (Å²) in [7, 11) is -5.85. The van der Waals surface area contributed by atoms with Crippen molar-refractivity contribution in [3.8, 4) is 0 Å². The summed E-state index contributed by atoms with van der Waals surface area (Å²) in [6.07, 6.45) is -0.166. The molecule has 0 bridgehead atoms. The van der Waals surface area contributed by atoms with Crippen LogP contribution in [0.1, 0.15) is 25.0 Å². The maximum absolute atomic E-state index is 11.9. The second-order valence-corrected chi connectivity index (χ2v) is 12.0. The molecule has 0 radical (unpaired) electrons. The molecule has 0 spiro atoms. The first-order valence-corrected chi connectivity index (χ1v) is 14.7. The molecule has 4 N–H and O–H groups in total. The second-order valence-electron chi connectivity index (χ2n) is 6.86. The number of carbonyl (C=O) groups is 2. The van der Waals surface area contributed by atoms with E-state index in [1.807, 2.05) is 0 Å². The van der Waals surface area contributed by atoms with Gasteiger partial charge in [-0.05, 0) is 67.3 Å². The van der Waals surface area contributed by atoms with Crippen molar-refractivity contribution in [2.45, 2.75) is 36.5 Å². The van der Waals surface area contributed by atoms with Crippen molar-refractivity contribution in [3.05, 3.63) is 56.5 Å². The second kappa shape index (κ2) is 17.3. The van der Waals surface area contributed by atoms with Crippen molar-refractivity contribution in [2.24, 2.45) is 0 Å². The number of hydrogen-bond donors (Lipinski definition) is 3. The maximum atomic E-state index is 11.9. The predicted octanol–water partition coefficient (Wildman–Crippen LogP) is -0.336. The molecule has 0 aliphatic rings. The van der Waals surface area contributed by atoms with Crippen LogP contribution in [0.5, 0.6) is 0 Å². The van der Waals surface area contributed by atoms with Crippen molar-refractivity contribution < 1.29 is 60.6 Å². The molecule has 0 aromatic heterocycles. The van der Waals surface area contributed by atoms with E-state index in [-0.39, 0.29) is 53.5 Å². The summed E-state index contributed by atoms with van der Waals surface area (Å²) < 4.78 is 57.6. The zero-order valence-corrected chi connectivity index (χ0v) is 25.4. The molecule has 0 saturated heterocycles. The van der Waals surface area contributed by atoms with Gasteiger partial charge in [-0.3, -0.25) is 9.59 Å². The number of carbonyl (C=O) groups excluding carboxylic acids is 1. The minimum atomic E-state index is -3.59. The molecule has 0 heterocycles. The molecule has 11 nitrogen and oxygen atoms in total. The molecule has 2 aromatic carbocycles. The third-order valence-corrected chi connectivity index (χ3v) is 9.25. The number of ether oxygens (including phenoxy) is 1. The molecule has 0 saturated carbocycles. The van der Waals surface area contributed by atoms with E-state index in [0.717, 1.165) is 0 Å². The Kier molecular flexibility index (Phi) is 17.7. The van der Waals surface area contributed by atoms with Crippen molar-refractivity contribution in [2.75, 3.05) is 20.2 Å². The van der Waals surface area contributed by atoms with Gasteiger partial charge in [-0.25, -0.2) is 26.3 Å². The minimum Gasteiger partial charge on any atom is -0.870 e. The van der Waals surface area contributed by atoms with Crippen LogP contribution in [0.2, 0.25) is 0 Å². The molecule has 0 unspecified atom stereocenters. The number of esters is 1. The fourth-order valence-corrected chi connectivity index (χ4v) is 6.78. The molecule has 0 atom stereocenters. The standard InChI is InChI=1S/C11H14BrNO4S.C10H12BrNO4S.Li.H2O/c1-3-13-18(15,16)10-6-8(4-5-9(10)12)7-11(14)17-2;1-2-12-17(15,16)9-5-7(6-10(13)14)3-4-8(9)11;;/h4-6,13H,3,7H2,1-2H3;3-5,12H,2,6H2,1H3,(H,13,14);;1H2/q;;+1;/p-1. The summed E-state index contributed by atoms with van der Waals surface area (Å²) >= 11 is 6.32. The van der Waals surface area contributed by atoms with Gasteiger partial charge >= 0.3 is 30.8 Å². The van der Waals surface area contributed by atoms with Gasteiger partial charge in [-0.1, -0.05) is 26.0 Å². The minimum absolute atomic E-state index is 0. The average Bonchev–Trinajstić information content (AvgIpc) is 2.76. The third-order valence-electron chi connectivity index (χ3n) is 4.17. The number of nitrogens with one attached hydrogen (secondary N) is 2. The van der Waals surface area contributed by atoms with E-state index in [1.165, 1.54) is 25.3 Å². The van der Waals surface area contributed by atoms with E-state index in [0.29, 0.717) is 26.6 Å². The Hall–Kier alpha value is -1.28. The van der Waals surface area contributed by atoms with Gasteiger partial charge in [0, 0.05) is 22.0 Å². The number of benzene rings is 2. The topological polar surface area (TPSA) is 186 Å². The van der Waals surface area contributed by atoms with E-state index in [2.05, 4.69) is 46.0 Å². The molecule has 202 valence electrons. The van der Waals surface area contributed by atoms with Gasteiger partial charge in [0.2, 0.25) is 20.0 Å². The molecule has 0 aliphatic carbocycles. The van der Waals surface area contributed by atoms with Crippen molar-refractivity contribution >= 4 is 63.8 Å². The van der Waals surface area contributed by atoms with Gasteiger partial charge in [-0.2, -0.15) is 0 Å². The summed E-state index contributed by atoms with van der Waals surface area (Å²) in [5.74, 6) is -1.41. The number of sulfonamides is 2. The number of halogens is 2.